The minimum absolute atomic E-state index is 0.0947. The molecule has 1 saturated carbocycles. The van der Waals surface area contributed by atoms with E-state index in [2.05, 4.69) is 20.8 Å². The zero-order chi connectivity index (χ0) is 14.9. The van der Waals surface area contributed by atoms with Crippen LogP contribution in [-0.2, 0) is 0 Å². The third-order valence-electron chi connectivity index (χ3n) is 3.87. The number of nitrogens with one attached hydrogen (secondary N) is 1. The summed E-state index contributed by atoms with van der Waals surface area (Å²) in [6, 6.07) is 4.17. The van der Waals surface area contributed by atoms with Gasteiger partial charge in [-0.1, -0.05) is 20.8 Å². The maximum Gasteiger partial charge on any atom is 0.130 e. The maximum atomic E-state index is 13.3. The average molecular weight is 278 g/mol. The molecule has 1 aromatic rings. The van der Waals surface area contributed by atoms with Crippen molar-refractivity contribution in [2.24, 2.45) is 17.1 Å². The number of halogens is 1. The van der Waals surface area contributed by atoms with Crippen LogP contribution >= 0.6 is 0 Å². The van der Waals surface area contributed by atoms with Gasteiger partial charge in [0.2, 0.25) is 0 Å². The summed E-state index contributed by atoms with van der Waals surface area (Å²) in [6.07, 6.45) is 3.23. The summed E-state index contributed by atoms with van der Waals surface area (Å²) in [6.45, 7) is 6.72. The summed E-state index contributed by atoms with van der Waals surface area (Å²) < 4.78 is 19.3. The number of hydrogen-bond donors (Lipinski definition) is 2. The summed E-state index contributed by atoms with van der Waals surface area (Å²) >= 11 is 0. The predicted octanol–water partition coefficient (Wildman–Crippen LogP) is 3.70. The maximum absolute atomic E-state index is 13.3. The molecule has 0 amide bonds. The summed E-state index contributed by atoms with van der Waals surface area (Å²) in [5, 5.41) is 7.54. The molecule has 110 valence electrons. The zero-order valence-electron chi connectivity index (χ0n) is 12.4. The highest BCUT2D eigenvalue weighted by atomic mass is 19.1. The second-order valence-corrected chi connectivity index (χ2v) is 6.71. The van der Waals surface area contributed by atoms with Gasteiger partial charge < -0.3 is 10.5 Å². The first-order valence-corrected chi connectivity index (χ1v) is 7.07. The van der Waals surface area contributed by atoms with Gasteiger partial charge in [-0.15, -0.1) is 0 Å². The van der Waals surface area contributed by atoms with E-state index in [1.54, 1.807) is 6.07 Å². The third kappa shape index (κ3) is 3.50. The number of ether oxygens (including phenoxy) is 1. The first-order chi connectivity index (χ1) is 9.27. The van der Waals surface area contributed by atoms with Crippen molar-refractivity contribution in [3.63, 3.8) is 0 Å². The molecule has 0 aliphatic heterocycles. The minimum atomic E-state index is -0.403. The highest BCUT2D eigenvalue weighted by Gasteiger charge is 2.33. The molecule has 2 unspecified atom stereocenters. The van der Waals surface area contributed by atoms with E-state index >= 15 is 0 Å². The Labute approximate surface area is 119 Å². The number of nitrogen functional groups attached to an aromatic ring is 1. The van der Waals surface area contributed by atoms with Gasteiger partial charge in [0.25, 0.3) is 0 Å². The summed E-state index contributed by atoms with van der Waals surface area (Å²) in [5.74, 6) is 0.543. The molecule has 0 bridgehead atoms. The van der Waals surface area contributed by atoms with Crippen LogP contribution in [0.3, 0.4) is 0 Å². The van der Waals surface area contributed by atoms with E-state index < -0.39 is 5.82 Å². The van der Waals surface area contributed by atoms with E-state index in [0.29, 0.717) is 17.2 Å². The lowest BCUT2D eigenvalue weighted by molar-refractivity contribution is 0.0561. The first-order valence-electron chi connectivity index (χ1n) is 7.07. The SMILES string of the molecule is CC1CC(Oc2ccc(F)cc2C(=N)N)CC(C)(C)C1. The molecule has 0 saturated heterocycles. The van der Waals surface area contributed by atoms with Gasteiger partial charge >= 0.3 is 0 Å². The Morgan fingerprint density at radius 3 is 2.70 bits per heavy atom. The van der Waals surface area contributed by atoms with Crippen molar-refractivity contribution in [2.75, 3.05) is 0 Å². The molecule has 2 rings (SSSR count). The van der Waals surface area contributed by atoms with E-state index in [4.69, 9.17) is 15.9 Å². The monoisotopic (exact) mass is 278 g/mol. The van der Waals surface area contributed by atoms with Crippen LogP contribution in [0.25, 0.3) is 0 Å². The number of benzene rings is 1. The number of rotatable bonds is 3. The molecular formula is C16H23FN2O. The normalized spacial score (nSPS) is 25.2. The Bertz CT molecular complexity index is 513. The van der Waals surface area contributed by atoms with E-state index in [1.165, 1.54) is 18.6 Å². The molecule has 20 heavy (non-hydrogen) atoms. The fraction of sp³-hybridized carbons (Fsp3) is 0.562. The summed E-state index contributed by atoms with van der Waals surface area (Å²) in [4.78, 5) is 0. The lowest BCUT2D eigenvalue weighted by Gasteiger charge is -2.39. The highest BCUT2D eigenvalue weighted by molar-refractivity contribution is 5.97. The van der Waals surface area contributed by atoms with E-state index in [1.807, 2.05) is 0 Å². The zero-order valence-corrected chi connectivity index (χ0v) is 12.4. The molecule has 1 fully saturated rings. The van der Waals surface area contributed by atoms with Gasteiger partial charge in [0.05, 0.1) is 11.7 Å². The van der Waals surface area contributed by atoms with Crippen molar-refractivity contribution in [3.05, 3.63) is 29.6 Å². The van der Waals surface area contributed by atoms with Crippen molar-refractivity contribution in [2.45, 2.75) is 46.1 Å². The van der Waals surface area contributed by atoms with Crippen molar-refractivity contribution >= 4 is 5.84 Å². The number of hydrogen-bond acceptors (Lipinski definition) is 2. The standard InChI is InChI=1S/C16H23FN2O/c1-10-6-12(9-16(2,3)8-10)20-14-5-4-11(17)7-13(14)15(18)19/h4-5,7,10,12H,6,8-9H2,1-3H3,(H3,18,19). The summed E-state index contributed by atoms with van der Waals surface area (Å²) in [5.41, 5.74) is 6.09. The molecule has 0 aromatic heterocycles. The van der Waals surface area contributed by atoms with Crippen molar-refractivity contribution in [3.8, 4) is 5.75 Å². The van der Waals surface area contributed by atoms with E-state index in [0.717, 1.165) is 12.8 Å². The second kappa shape index (κ2) is 5.43. The van der Waals surface area contributed by atoms with Crippen LogP contribution in [0.2, 0.25) is 0 Å². The Balaban J connectivity index is 2.19. The molecule has 3 N–H and O–H groups in total. The van der Waals surface area contributed by atoms with Crippen molar-refractivity contribution < 1.29 is 9.13 Å². The Hall–Kier alpha value is -1.58. The van der Waals surface area contributed by atoms with Crippen LogP contribution in [0.15, 0.2) is 18.2 Å². The molecule has 0 spiro atoms. The molecule has 1 aliphatic carbocycles. The van der Waals surface area contributed by atoms with Gasteiger partial charge in [0, 0.05) is 0 Å². The molecule has 1 aliphatic rings. The lowest BCUT2D eigenvalue weighted by Crippen LogP contribution is -2.34. The fourth-order valence-electron chi connectivity index (χ4n) is 3.34. The lowest BCUT2D eigenvalue weighted by atomic mass is 9.71. The molecular weight excluding hydrogens is 255 g/mol. The summed E-state index contributed by atoms with van der Waals surface area (Å²) in [7, 11) is 0. The predicted molar refractivity (Wildman–Crippen MR) is 78.6 cm³/mol. The fourth-order valence-corrected chi connectivity index (χ4v) is 3.34. The molecule has 0 heterocycles. The minimum Gasteiger partial charge on any atom is -0.490 e. The number of nitrogens with two attached hydrogens (primary N) is 1. The molecule has 1 aromatic carbocycles. The van der Waals surface area contributed by atoms with Gasteiger partial charge in [-0.25, -0.2) is 4.39 Å². The van der Waals surface area contributed by atoms with E-state index in [-0.39, 0.29) is 17.4 Å². The van der Waals surface area contributed by atoms with Gasteiger partial charge in [0.15, 0.2) is 0 Å². The van der Waals surface area contributed by atoms with Gasteiger partial charge in [-0.05, 0) is 48.8 Å². The number of amidine groups is 1. The smallest absolute Gasteiger partial charge is 0.130 e. The van der Waals surface area contributed by atoms with Crippen LogP contribution < -0.4 is 10.5 Å². The second-order valence-electron chi connectivity index (χ2n) is 6.71. The molecule has 3 nitrogen and oxygen atoms in total. The third-order valence-corrected chi connectivity index (χ3v) is 3.87. The van der Waals surface area contributed by atoms with Crippen LogP contribution in [0, 0.1) is 22.6 Å². The highest BCUT2D eigenvalue weighted by Crippen LogP contribution is 2.40. The topological polar surface area (TPSA) is 59.1 Å². The quantitative estimate of drug-likeness (QED) is 0.654. The van der Waals surface area contributed by atoms with Gasteiger partial charge in [0.1, 0.15) is 17.4 Å². The first kappa shape index (κ1) is 14.8. The van der Waals surface area contributed by atoms with E-state index in [9.17, 15) is 4.39 Å². The molecule has 4 heteroatoms. The average Bonchev–Trinajstić information content (AvgIpc) is 2.28. The van der Waals surface area contributed by atoms with Crippen molar-refractivity contribution in [1.82, 2.24) is 0 Å². The van der Waals surface area contributed by atoms with Crippen LogP contribution in [0.1, 0.15) is 45.6 Å². The Kier molecular flexibility index (Phi) is 4.02. The van der Waals surface area contributed by atoms with Crippen LogP contribution in [-0.4, -0.2) is 11.9 Å². The molecule has 0 radical (unpaired) electrons. The Morgan fingerprint density at radius 1 is 1.40 bits per heavy atom. The van der Waals surface area contributed by atoms with Crippen LogP contribution in [0.5, 0.6) is 5.75 Å². The van der Waals surface area contributed by atoms with Gasteiger partial charge in [-0.3, -0.25) is 5.41 Å². The van der Waals surface area contributed by atoms with Gasteiger partial charge in [-0.2, -0.15) is 0 Å². The largest absolute Gasteiger partial charge is 0.490 e. The van der Waals surface area contributed by atoms with Crippen LogP contribution in [0.4, 0.5) is 4.39 Å². The van der Waals surface area contributed by atoms with Crippen molar-refractivity contribution in [1.29, 1.82) is 5.41 Å². The molecule has 2 atom stereocenters. The Morgan fingerprint density at radius 2 is 2.10 bits per heavy atom.